The molecule has 0 aliphatic heterocycles. The summed E-state index contributed by atoms with van der Waals surface area (Å²) in [5, 5.41) is 5.00. The quantitative estimate of drug-likeness (QED) is 0.685. The Bertz CT molecular complexity index is 533. The second-order valence-corrected chi connectivity index (χ2v) is 4.86. The van der Waals surface area contributed by atoms with E-state index >= 15 is 0 Å². The van der Waals surface area contributed by atoms with Gasteiger partial charge in [-0.3, -0.25) is 9.59 Å². The normalized spacial score (nSPS) is 12.7. The molecule has 126 valence electrons. The van der Waals surface area contributed by atoms with Gasteiger partial charge in [0.15, 0.2) is 12.7 Å². The van der Waals surface area contributed by atoms with Crippen molar-refractivity contribution in [2.45, 2.75) is 32.9 Å². The standard InChI is InChI=1S/C16H22N2O5/c1-4-17-15(20)12(3)23-16(21)11(2)18-14(19)10-22-13-8-6-5-7-9-13/h5-9,11-12H,4,10H2,1-3H3,(H,17,20)(H,18,19)/t11-,12-/m0/s1. The molecule has 0 aliphatic rings. The number of nitrogens with one attached hydrogen (secondary N) is 2. The largest absolute Gasteiger partial charge is 0.484 e. The molecule has 0 saturated carbocycles. The van der Waals surface area contributed by atoms with Gasteiger partial charge in [0.05, 0.1) is 0 Å². The van der Waals surface area contributed by atoms with Gasteiger partial charge in [0.25, 0.3) is 11.8 Å². The lowest BCUT2D eigenvalue weighted by Gasteiger charge is -2.17. The maximum Gasteiger partial charge on any atom is 0.329 e. The molecular weight excluding hydrogens is 300 g/mol. The third-order valence-electron chi connectivity index (χ3n) is 2.86. The smallest absolute Gasteiger partial charge is 0.329 e. The van der Waals surface area contributed by atoms with Crippen LogP contribution >= 0.6 is 0 Å². The van der Waals surface area contributed by atoms with E-state index in [4.69, 9.17) is 9.47 Å². The zero-order chi connectivity index (χ0) is 17.2. The Kier molecular flexibility index (Phi) is 7.59. The van der Waals surface area contributed by atoms with Crippen LogP contribution in [0.1, 0.15) is 20.8 Å². The van der Waals surface area contributed by atoms with E-state index in [1.165, 1.54) is 13.8 Å². The van der Waals surface area contributed by atoms with Crippen molar-refractivity contribution in [2.75, 3.05) is 13.2 Å². The summed E-state index contributed by atoms with van der Waals surface area (Å²) in [5.74, 6) is -0.963. The van der Waals surface area contributed by atoms with E-state index in [0.29, 0.717) is 12.3 Å². The predicted molar refractivity (Wildman–Crippen MR) is 83.8 cm³/mol. The Balaban J connectivity index is 2.36. The first-order valence-corrected chi connectivity index (χ1v) is 7.39. The molecule has 0 spiro atoms. The highest BCUT2D eigenvalue weighted by Gasteiger charge is 2.22. The Hall–Kier alpha value is -2.57. The van der Waals surface area contributed by atoms with Crippen molar-refractivity contribution in [3.05, 3.63) is 30.3 Å². The minimum atomic E-state index is -0.914. The monoisotopic (exact) mass is 322 g/mol. The highest BCUT2D eigenvalue weighted by molar-refractivity contribution is 5.87. The average molecular weight is 322 g/mol. The van der Waals surface area contributed by atoms with Crippen LogP contribution in [0.15, 0.2) is 30.3 Å². The Morgan fingerprint density at radius 1 is 1.13 bits per heavy atom. The predicted octanol–water partition coefficient (Wildman–Crippen LogP) is 0.638. The molecule has 2 N–H and O–H groups in total. The van der Waals surface area contributed by atoms with E-state index < -0.39 is 24.0 Å². The summed E-state index contributed by atoms with van der Waals surface area (Å²) in [4.78, 5) is 35.0. The molecule has 23 heavy (non-hydrogen) atoms. The highest BCUT2D eigenvalue weighted by atomic mass is 16.5. The van der Waals surface area contributed by atoms with Gasteiger partial charge in [-0.2, -0.15) is 0 Å². The van der Waals surface area contributed by atoms with Crippen molar-refractivity contribution in [3.63, 3.8) is 0 Å². The van der Waals surface area contributed by atoms with Crippen LogP contribution in [0.25, 0.3) is 0 Å². The van der Waals surface area contributed by atoms with Gasteiger partial charge in [0.2, 0.25) is 0 Å². The average Bonchev–Trinajstić information content (AvgIpc) is 2.54. The van der Waals surface area contributed by atoms with E-state index in [0.717, 1.165) is 0 Å². The number of rotatable bonds is 8. The molecule has 1 aromatic rings. The van der Waals surface area contributed by atoms with Crippen molar-refractivity contribution in [3.8, 4) is 5.75 Å². The first-order valence-electron chi connectivity index (χ1n) is 7.39. The third-order valence-corrected chi connectivity index (χ3v) is 2.86. The van der Waals surface area contributed by atoms with Crippen molar-refractivity contribution in [1.29, 1.82) is 0 Å². The zero-order valence-electron chi connectivity index (χ0n) is 13.5. The fourth-order valence-corrected chi connectivity index (χ4v) is 1.66. The van der Waals surface area contributed by atoms with E-state index in [1.54, 1.807) is 31.2 Å². The molecule has 2 atom stereocenters. The lowest BCUT2D eigenvalue weighted by atomic mass is 10.3. The number of ether oxygens (including phenoxy) is 2. The van der Waals surface area contributed by atoms with Crippen LogP contribution in [-0.2, 0) is 19.1 Å². The van der Waals surface area contributed by atoms with Gasteiger partial charge in [-0.25, -0.2) is 4.79 Å². The van der Waals surface area contributed by atoms with Crippen LogP contribution in [0, 0.1) is 0 Å². The number of esters is 1. The molecule has 0 saturated heterocycles. The summed E-state index contributed by atoms with van der Waals surface area (Å²) in [5.41, 5.74) is 0. The number of benzene rings is 1. The number of likely N-dealkylation sites (N-methyl/N-ethyl adjacent to an activating group) is 1. The minimum Gasteiger partial charge on any atom is -0.484 e. The van der Waals surface area contributed by atoms with Crippen LogP contribution in [0.5, 0.6) is 5.75 Å². The maximum absolute atomic E-state index is 11.8. The molecule has 1 rings (SSSR count). The van der Waals surface area contributed by atoms with Crippen molar-refractivity contribution >= 4 is 17.8 Å². The molecule has 7 nitrogen and oxygen atoms in total. The number of amides is 2. The first kappa shape index (κ1) is 18.5. The zero-order valence-corrected chi connectivity index (χ0v) is 13.5. The Labute approximate surface area is 135 Å². The number of para-hydroxylation sites is 1. The van der Waals surface area contributed by atoms with Gasteiger partial charge >= 0.3 is 5.97 Å². The fraction of sp³-hybridized carbons (Fsp3) is 0.438. The van der Waals surface area contributed by atoms with Crippen molar-refractivity contribution < 1.29 is 23.9 Å². The van der Waals surface area contributed by atoms with E-state index in [1.807, 2.05) is 6.07 Å². The molecule has 0 aromatic heterocycles. The van der Waals surface area contributed by atoms with Gasteiger partial charge in [0, 0.05) is 6.54 Å². The number of carbonyl (C=O) groups is 3. The molecule has 0 unspecified atom stereocenters. The Morgan fingerprint density at radius 2 is 1.78 bits per heavy atom. The summed E-state index contributed by atoms with van der Waals surface area (Å²) in [6, 6.07) is 7.98. The van der Waals surface area contributed by atoms with Gasteiger partial charge in [0.1, 0.15) is 11.8 Å². The SMILES string of the molecule is CCNC(=O)[C@H](C)OC(=O)[C@H](C)NC(=O)COc1ccccc1. The van der Waals surface area contributed by atoms with Crippen LogP contribution in [0.4, 0.5) is 0 Å². The lowest BCUT2D eigenvalue weighted by Crippen LogP contribution is -2.44. The summed E-state index contributed by atoms with van der Waals surface area (Å²) in [6.45, 7) is 4.95. The molecule has 0 heterocycles. The van der Waals surface area contributed by atoms with E-state index in [2.05, 4.69) is 10.6 Å². The van der Waals surface area contributed by atoms with Crippen LogP contribution in [0.3, 0.4) is 0 Å². The van der Waals surface area contributed by atoms with Crippen LogP contribution in [0.2, 0.25) is 0 Å². The number of hydrogen-bond donors (Lipinski definition) is 2. The summed E-state index contributed by atoms with van der Waals surface area (Å²) in [7, 11) is 0. The molecular formula is C16H22N2O5. The molecule has 0 radical (unpaired) electrons. The van der Waals surface area contributed by atoms with E-state index in [-0.39, 0.29) is 12.5 Å². The summed E-state index contributed by atoms with van der Waals surface area (Å²) in [6.07, 6.45) is -0.914. The second kappa shape index (κ2) is 9.45. The second-order valence-electron chi connectivity index (χ2n) is 4.86. The molecule has 2 amide bonds. The fourth-order valence-electron chi connectivity index (χ4n) is 1.66. The summed E-state index contributed by atoms with van der Waals surface area (Å²) >= 11 is 0. The molecule has 1 aromatic carbocycles. The number of carbonyl (C=O) groups excluding carboxylic acids is 3. The molecule has 0 bridgehead atoms. The molecule has 7 heteroatoms. The highest BCUT2D eigenvalue weighted by Crippen LogP contribution is 2.07. The lowest BCUT2D eigenvalue weighted by molar-refractivity contribution is -0.157. The van der Waals surface area contributed by atoms with Crippen molar-refractivity contribution in [1.82, 2.24) is 10.6 Å². The topological polar surface area (TPSA) is 93.7 Å². The molecule has 0 fully saturated rings. The summed E-state index contributed by atoms with van der Waals surface area (Å²) < 4.78 is 10.3. The van der Waals surface area contributed by atoms with Gasteiger partial charge < -0.3 is 20.1 Å². The van der Waals surface area contributed by atoms with Crippen LogP contribution in [-0.4, -0.2) is 43.1 Å². The first-order chi connectivity index (χ1) is 10.9. The maximum atomic E-state index is 11.8. The third kappa shape index (κ3) is 6.82. The molecule has 0 aliphatic carbocycles. The van der Waals surface area contributed by atoms with Crippen LogP contribution < -0.4 is 15.4 Å². The van der Waals surface area contributed by atoms with Gasteiger partial charge in [-0.1, -0.05) is 18.2 Å². The van der Waals surface area contributed by atoms with Gasteiger partial charge in [-0.15, -0.1) is 0 Å². The van der Waals surface area contributed by atoms with Gasteiger partial charge in [-0.05, 0) is 32.9 Å². The number of hydrogen-bond acceptors (Lipinski definition) is 5. The Morgan fingerprint density at radius 3 is 2.39 bits per heavy atom. The van der Waals surface area contributed by atoms with Crippen molar-refractivity contribution in [2.24, 2.45) is 0 Å². The minimum absolute atomic E-state index is 0.215. The van der Waals surface area contributed by atoms with E-state index in [9.17, 15) is 14.4 Å².